The number of benzene rings is 1. The van der Waals surface area contributed by atoms with E-state index in [4.69, 9.17) is 11.0 Å². The molecule has 0 saturated heterocycles. The number of aromatic nitrogens is 2. The topological polar surface area (TPSA) is 108 Å². The Morgan fingerprint density at radius 1 is 1.35 bits per heavy atom. The Labute approximate surface area is 152 Å². The van der Waals surface area contributed by atoms with Crippen LogP contribution in [0.15, 0.2) is 24.3 Å². The molecule has 136 valence electrons. The first-order valence-electron chi connectivity index (χ1n) is 8.80. The Balaban J connectivity index is 2.14. The van der Waals surface area contributed by atoms with Crippen LogP contribution in [-0.2, 0) is 16.9 Å². The number of nitriles is 1. The summed E-state index contributed by atoms with van der Waals surface area (Å²) in [6.07, 6.45) is 2.03. The number of amides is 1. The molecule has 1 aromatic carbocycles. The fourth-order valence-corrected chi connectivity index (χ4v) is 3.59. The minimum atomic E-state index is -1.86. The molecule has 1 aliphatic heterocycles. The maximum atomic E-state index is 13.2. The number of anilines is 2. The van der Waals surface area contributed by atoms with Crippen LogP contribution in [0.25, 0.3) is 0 Å². The van der Waals surface area contributed by atoms with Gasteiger partial charge in [0.1, 0.15) is 5.82 Å². The number of unbranched alkanes of at least 4 members (excludes halogenated alkanes) is 1. The highest BCUT2D eigenvalue weighted by molar-refractivity contribution is 6.09. The average molecular weight is 353 g/mol. The van der Waals surface area contributed by atoms with Gasteiger partial charge in [-0.2, -0.15) is 10.4 Å². The predicted molar refractivity (Wildman–Crippen MR) is 98.3 cm³/mol. The predicted octanol–water partition coefficient (Wildman–Crippen LogP) is 2.07. The number of hydrogen-bond acceptors (Lipinski definition) is 5. The van der Waals surface area contributed by atoms with E-state index in [1.54, 1.807) is 24.0 Å². The highest BCUT2D eigenvalue weighted by Gasteiger charge is 2.53. The fourth-order valence-electron chi connectivity index (χ4n) is 3.59. The van der Waals surface area contributed by atoms with E-state index < -0.39 is 11.5 Å². The lowest BCUT2D eigenvalue weighted by Gasteiger charge is -2.23. The van der Waals surface area contributed by atoms with Gasteiger partial charge in [0.05, 0.1) is 36.0 Å². The zero-order valence-electron chi connectivity index (χ0n) is 15.1. The Kier molecular flexibility index (Phi) is 4.70. The Morgan fingerprint density at radius 2 is 2.08 bits per heavy atom. The molecule has 3 N–H and O–H groups in total. The van der Waals surface area contributed by atoms with Gasteiger partial charge < -0.3 is 15.7 Å². The number of nitrogens with zero attached hydrogens (tertiary/aromatic N) is 4. The molecule has 2 aromatic rings. The summed E-state index contributed by atoms with van der Waals surface area (Å²) in [4.78, 5) is 14.9. The smallest absolute Gasteiger partial charge is 0.268 e. The van der Waals surface area contributed by atoms with E-state index in [-0.39, 0.29) is 12.2 Å². The largest absolute Gasteiger partial charge is 0.384 e. The van der Waals surface area contributed by atoms with Crippen molar-refractivity contribution in [3.05, 3.63) is 41.1 Å². The number of fused-ring (bicyclic) bond motifs is 1. The van der Waals surface area contributed by atoms with Crippen molar-refractivity contribution in [2.45, 2.75) is 45.3 Å². The van der Waals surface area contributed by atoms with Gasteiger partial charge in [-0.1, -0.05) is 31.5 Å². The maximum Gasteiger partial charge on any atom is 0.268 e. The molecule has 0 spiro atoms. The van der Waals surface area contributed by atoms with Crippen LogP contribution in [0.5, 0.6) is 0 Å². The molecule has 1 amide bonds. The molecule has 0 radical (unpaired) electrons. The van der Waals surface area contributed by atoms with E-state index in [0.717, 1.165) is 12.8 Å². The first-order chi connectivity index (χ1) is 12.5. The van der Waals surface area contributed by atoms with Crippen molar-refractivity contribution in [3.8, 4) is 6.07 Å². The number of para-hydroxylation sites is 1. The van der Waals surface area contributed by atoms with Gasteiger partial charge in [-0.15, -0.1) is 0 Å². The van der Waals surface area contributed by atoms with Gasteiger partial charge in [0, 0.05) is 12.1 Å². The molecular formula is C19H23N5O2. The van der Waals surface area contributed by atoms with Crippen LogP contribution in [0.3, 0.4) is 0 Å². The molecular weight excluding hydrogens is 330 g/mol. The van der Waals surface area contributed by atoms with Crippen LogP contribution in [-0.4, -0.2) is 27.3 Å². The monoisotopic (exact) mass is 353 g/mol. The summed E-state index contributed by atoms with van der Waals surface area (Å²) in [6.45, 7) is 4.63. The van der Waals surface area contributed by atoms with Crippen molar-refractivity contribution in [1.82, 2.24) is 9.78 Å². The van der Waals surface area contributed by atoms with E-state index in [9.17, 15) is 9.90 Å². The van der Waals surface area contributed by atoms with Crippen molar-refractivity contribution in [2.75, 3.05) is 17.2 Å². The van der Waals surface area contributed by atoms with Crippen molar-refractivity contribution in [1.29, 1.82) is 5.26 Å². The minimum Gasteiger partial charge on any atom is -0.384 e. The summed E-state index contributed by atoms with van der Waals surface area (Å²) in [5, 5.41) is 24.7. The molecule has 0 saturated carbocycles. The van der Waals surface area contributed by atoms with Crippen molar-refractivity contribution in [3.63, 3.8) is 0 Å². The molecule has 0 fully saturated rings. The highest BCUT2D eigenvalue weighted by atomic mass is 16.3. The molecule has 1 aromatic heterocycles. The second kappa shape index (κ2) is 6.81. The first kappa shape index (κ1) is 18.0. The second-order valence-electron chi connectivity index (χ2n) is 6.51. The zero-order valence-corrected chi connectivity index (χ0v) is 15.1. The van der Waals surface area contributed by atoms with E-state index in [0.29, 0.717) is 35.6 Å². The molecule has 1 aliphatic rings. The van der Waals surface area contributed by atoms with Crippen LogP contribution in [0, 0.1) is 18.3 Å². The number of aryl methyl sites for hydroxylation is 2. The Hall–Kier alpha value is -2.85. The minimum absolute atomic E-state index is 0.223. The molecule has 3 rings (SSSR count). The number of carbonyl (C=O) groups excluding carboxylic acids is 1. The molecule has 0 aliphatic carbocycles. The van der Waals surface area contributed by atoms with Gasteiger partial charge in [-0.3, -0.25) is 4.79 Å². The summed E-state index contributed by atoms with van der Waals surface area (Å²) in [7, 11) is 0. The van der Waals surface area contributed by atoms with Gasteiger partial charge in [0.25, 0.3) is 5.91 Å². The molecule has 1 atom stereocenters. The van der Waals surface area contributed by atoms with Gasteiger partial charge in [-0.05, 0) is 19.4 Å². The molecule has 7 heteroatoms. The van der Waals surface area contributed by atoms with Crippen LogP contribution >= 0.6 is 0 Å². The quantitative estimate of drug-likeness (QED) is 0.826. The van der Waals surface area contributed by atoms with Crippen LogP contribution in [0.4, 0.5) is 11.5 Å². The maximum absolute atomic E-state index is 13.2. The number of rotatable bonds is 6. The van der Waals surface area contributed by atoms with Gasteiger partial charge in [0.15, 0.2) is 0 Å². The highest BCUT2D eigenvalue weighted by Crippen LogP contribution is 2.47. The number of hydrogen-bond donors (Lipinski definition) is 2. The molecule has 2 heterocycles. The lowest BCUT2D eigenvalue weighted by molar-refractivity contribution is -0.132. The van der Waals surface area contributed by atoms with Gasteiger partial charge in [-0.25, -0.2) is 4.68 Å². The second-order valence-corrected chi connectivity index (χ2v) is 6.51. The van der Waals surface area contributed by atoms with Crippen molar-refractivity contribution >= 4 is 17.4 Å². The van der Waals surface area contributed by atoms with Crippen molar-refractivity contribution in [2.24, 2.45) is 0 Å². The van der Waals surface area contributed by atoms with Crippen molar-refractivity contribution < 1.29 is 9.90 Å². The van der Waals surface area contributed by atoms with Crippen LogP contribution in [0.1, 0.15) is 43.0 Å². The van der Waals surface area contributed by atoms with E-state index in [2.05, 4.69) is 18.1 Å². The third-order valence-electron chi connectivity index (χ3n) is 4.84. The summed E-state index contributed by atoms with van der Waals surface area (Å²) >= 11 is 0. The molecule has 0 bridgehead atoms. The number of aliphatic hydroxyl groups is 1. The SMILES string of the molecule is CCCCN1C(=O)[C@](O)(c2c(C)nn(CCC#N)c2N)c2ccccc21. The third kappa shape index (κ3) is 2.54. The molecule has 26 heavy (non-hydrogen) atoms. The standard InChI is InChI=1S/C19H23N5O2/c1-3-4-11-23-15-9-6-5-8-14(15)19(26,18(23)25)16-13(2)22-24(17(16)21)12-7-10-20/h5-6,8-9,26H,3-4,7,11-12,21H2,1-2H3/t19-/m1/s1. The Bertz CT molecular complexity index is 883. The van der Waals surface area contributed by atoms with Gasteiger partial charge in [0.2, 0.25) is 5.60 Å². The zero-order chi connectivity index (χ0) is 18.9. The summed E-state index contributed by atoms with van der Waals surface area (Å²) < 4.78 is 1.48. The van der Waals surface area contributed by atoms with E-state index >= 15 is 0 Å². The first-order valence-corrected chi connectivity index (χ1v) is 8.80. The summed E-state index contributed by atoms with van der Waals surface area (Å²) in [5.41, 5.74) is 6.41. The van der Waals surface area contributed by atoms with Crippen LogP contribution in [0.2, 0.25) is 0 Å². The molecule has 7 nitrogen and oxygen atoms in total. The average Bonchev–Trinajstić information content (AvgIpc) is 3.04. The van der Waals surface area contributed by atoms with Gasteiger partial charge >= 0.3 is 0 Å². The Morgan fingerprint density at radius 3 is 2.77 bits per heavy atom. The lowest BCUT2D eigenvalue weighted by Crippen LogP contribution is -2.42. The normalized spacial score (nSPS) is 18.8. The lowest BCUT2D eigenvalue weighted by atomic mass is 9.87. The summed E-state index contributed by atoms with van der Waals surface area (Å²) in [6, 6.07) is 9.29. The number of carbonyl (C=O) groups is 1. The summed E-state index contributed by atoms with van der Waals surface area (Å²) in [5.74, 6) is -0.178. The van der Waals surface area contributed by atoms with Crippen LogP contribution < -0.4 is 10.6 Å². The molecule has 0 unspecified atom stereocenters. The third-order valence-corrected chi connectivity index (χ3v) is 4.84. The van der Waals surface area contributed by atoms with E-state index in [1.165, 1.54) is 4.68 Å². The fraction of sp³-hybridized carbons (Fsp3) is 0.421. The number of nitrogen functional groups attached to an aromatic ring is 1. The number of nitrogens with two attached hydrogens (primary N) is 1. The van der Waals surface area contributed by atoms with E-state index in [1.807, 2.05) is 12.1 Å².